The number of nitrogens with zero attached hydrogens (tertiary/aromatic N) is 2. The molecule has 31 heavy (non-hydrogen) atoms. The van der Waals surface area contributed by atoms with Gasteiger partial charge in [0.05, 0.1) is 12.6 Å². The molecule has 0 aliphatic rings. The minimum absolute atomic E-state index is 0.234. The van der Waals surface area contributed by atoms with Crippen LogP contribution in [0.25, 0.3) is 0 Å². The first-order chi connectivity index (χ1) is 14.7. The number of carbonyl (C=O) groups is 2. The van der Waals surface area contributed by atoms with Crippen molar-refractivity contribution in [1.29, 1.82) is 0 Å². The number of nitrogens with two attached hydrogens (primary N) is 1. The Morgan fingerprint density at radius 1 is 1.16 bits per heavy atom. The zero-order valence-electron chi connectivity index (χ0n) is 18.4. The van der Waals surface area contributed by atoms with Gasteiger partial charge in [-0.25, -0.2) is 4.79 Å². The second-order valence-corrected chi connectivity index (χ2v) is 8.21. The highest BCUT2D eigenvalue weighted by molar-refractivity contribution is 5.77. The average molecular weight is 433 g/mol. The molecule has 170 valence electrons. The van der Waals surface area contributed by atoms with E-state index in [9.17, 15) is 9.59 Å². The predicted octanol–water partition coefficient (Wildman–Crippen LogP) is 3.09. The van der Waals surface area contributed by atoms with Crippen LogP contribution in [0.3, 0.4) is 0 Å². The Morgan fingerprint density at radius 2 is 1.90 bits per heavy atom. The van der Waals surface area contributed by atoms with Gasteiger partial charge in [0.15, 0.2) is 5.82 Å². The number of aromatic nitrogens is 2. The van der Waals surface area contributed by atoms with Gasteiger partial charge in [-0.3, -0.25) is 4.79 Å². The highest BCUT2D eigenvalue weighted by Crippen LogP contribution is 2.15. The van der Waals surface area contributed by atoms with Crippen LogP contribution in [0.5, 0.6) is 0 Å². The van der Waals surface area contributed by atoms with Crippen molar-refractivity contribution in [2.45, 2.75) is 64.5 Å². The van der Waals surface area contributed by atoms with E-state index in [-0.39, 0.29) is 19.2 Å². The minimum atomic E-state index is -0.655. The molecular weight excluding hydrogens is 400 g/mol. The molecule has 1 heterocycles. The van der Waals surface area contributed by atoms with E-state index in [1.807, 2.05) is 18.2 Å². The molecule has 1 aromatic heterocycles. The third-order valence-electron chi connectivity index (χ3n) is 4.23. The van der Waals surface area contributed by atoms with Gasteiger partial charge in [0.1, 0.15) is 12.1 Å². The summed E-state index contributed by atoms with van der Waals surface area (Å²) in [5.41, 5.74) is 6.72. The topological polar surface area (TPSA) is 130 Å². The number of alkyl carbamates (subject to hydrolysis) is 1. The van der Waals surface area contributed by atoms with E-state index < -0.39 is 17.7 Å². The highest BCUT2D eigenvalue weighted by atomic mass is 16.6. The molecule has 2 aromatic rings. The average Bonchev–Trinajstić information content (AvgIpc) is 3.19. The SMILES string of the molecule is CC(C)(C)OC(=O)NCC(=O)OCCCC[C@H](N)c1nc(CCc2ccccc2)no1. The third kappa shape index (κ3) is 10.1. The van der Waals surface area contributed by atoms with Crippen LogP contribution in [-0.2, 0) is 27.1 Å². The molecule has 1 aromatic carbocycles. The molecule has 0 radical (unpaired) electrons. The number of aryl methyl sites for hydroxylation is 2. The molecule has 2 rings (SSSR count). The second-order valence-electron chi connectivity index (χ2n) is 8.21. The van der Waals surface area contributed by atoms with Crippen molar-refractivity contribution >= 4 is 12.1 Å². The molecule has 0 aliphatic carbocycles. The van der Waals surface area contributed by atoms with Crippen molar-refractivity contribution in [1.82, 2.24) is 15.5 Å². The number of carbonyl (C=O) groups excluding carboxylic acids is 2. The van der Waals surface area contributed by atoms with Crippen molar-refractivity contribution < 1.29 is 23.6 Å². The van der Waals surface area contributed by atoms with Crippen molar-refractivity contribution in [2.75, 3.05) is 13.2 Å². The Balaban J connectivity index is 1.57. The number of unbranched alkanes of at least 4 members (excludes halogenated alkanes) is 1. The quantitative estimate of drug-likeness (QED) is 0.409. The number of benzene rings is 1. The first-order valence-corrected chi connectivity index (χ1v) is 10.5. The fourth-order valence-corrected chi connectivity index (χ4v) is 2.71. The first kappa shape index (κ1) is 24.3. The summed E-state index contributed by atoms with van der Waals surface area (Å²) in [4.78, 5) is 27.5. The molecule has 1 atom stereocenters. The summed E-state index contributed by atoms with van der Waals surface area (Å²) in [6.07, 6.45) is 2.87. The van der Waals surface area contributed by atoms with E-state index in [4.69, 9.17) is 19.7 Å². The Hall–Kier alpha value is -2.94. The summed E-state index contributed by atoms with van der Waals surface area (Å²) >= 11 is 0. The number of hydrogen-bond donors (Lipinski definition) is 2. The Bertz CT molecular complexity index is 817. The van der Waals surface area contributed by atoms with E-state index >= 15 is 0 Å². The molecule has 0 spiro atoms. The predicted molar refractivity (Wildman–Crippen MR) is 114 cm³/mol. The van der Waals surface area contributed by atoms with Crippen molar-refractivity contribution in [3.63, 3.8) is 0 Å². The maximum Gasteiger partial charge on any atom is 0.408 e. The van der Waals surface area contributed by atoms with Crippen molar-refractivity contribution in [3.05, 3.63) is 47.6 Å². The van der Waals surface area contributed by atoms with Gasteiger partial charge in [-0.05, 0) is 52.0 Å². The normalized spacial score (nSPS) is 12.3. The van der Waals surface area contributed by atoms with E-state index in [2.05, 4.69) is 27.6 Å². The maximum atomic E-state index is 11.6. The van der Waals surface area contributed by atoms with Crippen molar-refractivity contribution in [3.8, 4) is 0 Å². The number of ether oxygens (including phenoxy) is 2. The van der Waals surface area contributed by atoms with Gasteiger partial charge in [-0.2, -0.15) is 4.98 Å². The van der Waals surface area contributed by atoms with Crippen LogP contribution < -0.4 is 11.1 Å². The first-order valence-electron chi connectivity index (χ1n) is 10.5. The van der Waals surface area contributed by atoms with Gasteiger partial charge in [0, 0.05) is 6.42 Å². The van der Waals surface area contributed by atoms with Crippen LogP contribution >= 0.6 is 0 Å². The van der Waals surface area contributed by atoms with Gasteiger partial charge in [-0.15, -0.1) is 0 Å². The van der Waals surface area contributed by atoms with Crippen LogP contribution in [0.15, 0.2) is 34.9 Å². The number of nitrogens with one attached hydrogen (secondary N) is 1. The zero-order chi connectivity index (χ0) is 22.7. The monoisotopic (exact) mass is 432 g/mol. The van der Waals surface area contributed by atoms with Crippen LogP contribution in [0, 0.1) is 0 Å². The number of rotatable bonds is 11. The molecule has 9 nitrogen and oxygen atoms in total. The standard InChI is InChI=1S/C22H32N4O5/c1-22(2,3)30-21(28)24-15-19(27)29-14-8-7-11-17(23)20-25-18(26-31-20)13-12-16-9-5-4-6-10-16/h4-6,9-10,17H,7-8,11-15,23H2,1-3H3,(H,24,28)/t17-/m0/s1. The number of hydrogen-bond acceptors (Lipinski definition) is 8. The summed E-state index contributed by atoms with van der Waals surface area (Å²) in [6.45, 7) is 5.25. The van der Waals surface area contributed by atoms with E-state index in [1.54, 1.807) is 20.8 Å². The molecule has 9 heteroatoms. The molecule has 0 saturated heterocycles. The van der Waals surface area contributed by atoms with Crippen LogP contribution in [0.2, 0.25) is 0 Å². The Labute approximate surface area is 182 Å². The lowest BCUT2D eigenvalue weighted by atomic mass is 10.1. The smallest absolute Gasteiger partial charge is 0.408 e. The molecular formula is C22H32N4O5. The van der Waals surface area contributed by atoms with Gasteiger partial charge >= 0.3 is 12.1 Å². The van der Waals surface area contributed by atoms with E-state index in [1.165, 1.54) is 5.56 Å². The molecule has 0 fully saturated rings. The summed E-state index contributed by atoms with van der Waals surface area (Å²) in [5.74, 6) is 0.539. The number of esters is 1. The van der Waals surface area contributed by atoms with Gasteiger partial charge in [0.25, 0.3) is 0 Å². The summed E-state index contributed by atoms with van der Waals surface area (Å²) in [6, 6.07) is 9.75. The fourth-order valence-electron chi connectivity index (χ4n) is 2.71. The molecule has 1 amide bonds. The highest BCUT2D eigenvalue weighted by Gasteiger charge is 2.17. The lowest BCUT2D eigenvalue weighted by Gasteiger charge is -2.19. The maximum absolute atomic E-state index is 11.6. The van der Waals surface area contributed by atoms with Crippen LogP contribution in [0.1, 0.15) is 63.4 Å². The second kappa shape index (κ2) is 12.0. The lowest BCUT2D eigenvalue weighted by molar-refractivity contribution is -0.142. The Kier molecular flexibility index (Phi) is 9.45. The van der Waals surface area contributed by atoms with Crippen LogP contribution in [-0.4, -0.2) is 41.0 Å². The van der Waals surface area contributed by atoms with E-state index in [0.717, 1.165) is 12.8 Å². The lowest BCUT2D eigenvalue weighted by Crippen LogP contribution is -2.36. The minimum Gasteiger partial charge on any atom is -0.464 e. The third-order valence-corrected chi connectivity index (χ3v) is 4.23. The van der Waals surface area contributed by atoms with Crippen LogP contribution in [0.4, 0.5) is 4.79 Å². The summed E-state index contributed by atoms with van der Waals surface area (Å²) in [5, 5.41) is 6.36. The van der Waals surface area contributed by atoms with Crippen molar-refractivity contribution in [2.24, 2.45) is 5.73 Å². The molecule has 0 aliphatic heterocycles. The zero-order valence-corrected chi connectivity index (χ0v) is 18.4. The van der Waals surface area contributed by atoms with Gasteiger partial charge in [-0.1, -0.05) is 35.5 Å². The largest absolute Gasteiger partial charge is 0.464 e. The summed E-state index contributed by atoms with van der Waals surface area (Å²) < 4.78 is 15.4. The molecule has 0 bridgehead atoms. The van der Waals surface area contributed by atoms with Gasteiger partial charge in [0.2, 0.25) is 5.89 Å². The summed E-state index contributed by atoms with van der Waals surface area (Å²) in [7, 11) is 0. The Morgan fingerprint density at radius 3 is 2.61 bits per heavy atom. The molecule has 3 N–H and O–H groups in total. The fraction of sp³-hybridized carbons (Fsp3) is 0.545. The molecule has 0 unspecified atom stereocenters. The number of amides is 1. The molecule has 0 saturated carbocycles. The van der Waals surface area contributed by atoms with Gasteiger partial charge < -0.3 is 25.0 Å². The van der Waals surface area contributed by atoms with E-state index in [0.29, 0.717) is 31.0 Å².